The van der Waals surface area contributed by atoms with Crippen molar-refractivity contribution in [3.8, 4) is 17.2 Å². The first kappa shape index (κ1) is 18.1. The minimum Gasteiger partial charge on any atom is -0.492 e. The highest BCUT2D eigenvalue weighted by molar-refractivity contribution is 6.30. The van der Waals surface area contributed by atoms with Crippen LogP contribution in [0.4, 0.5) is 0 Å². The molecule has 1 fully saturated rings. The van der Waals surface area contributed by atoms with Gasteiger partial charge in [0.05, 0.1) is 0 Å². The van der Waals surface area contributed by atoms with Crippen LogP contribution in [0.15, 0.2) is 48.5 Å². The molecule has 0 radical (unpaired) electrons. The highest BCUT2D eigenvalue weighted by Crippen LogP contribution is 2.26. The van der Waals surface area contributed by atoms with Crippen LogP contribution in [0, 0.1) is 0 Å². The molecule has 2 aromatic rings. The van der Waals surface area contributed by atoms with Gasteiger partial charge < -0.3 is 9.47 Å². The fraction of sp³-hybridized carbons (Fsp3) is 0.429. The molecule has 3 nitrogen and oxygen atoms in total. The Balaban J connectivity index is 1.49. The van der Waals surface area contributed by atoms with Crippen LogP contribution in [0.25, 0.3) is 0 Å². The average molecular weight is 360 g/mol. The lowest BCUT2D eigenvalue weighted by molar-refractivity contribution is 0.171. The number of hydrogen-bond acceptors (Lipinski definition) is 3. The molecule has 4 heteroatoms. The largest absolute Gasteiger partial charge is 0.492 e. The Labute approximate surface area is 155 Å². The van der Waals surface area contributed by atoms with Crippen molar-refractivity contribution in [2.75, 3.05) is 19.7 Å². The SMILES string of the molecule is CCCCN1CCC[C@H]1COc1ccc(Oc2ccc(Cl)cc2)cc1. The molecule has 1 aliphatic rings. The van der Waals surface area contributed by atoms with Crippen molar-refractivity contribution >= 4 is 11.6 Å². The van der Waals surface area contributed by atoms with E-state index in [0.717, 1.165) is 23.9 Å². The van der Waals surface area contributed by atoms with E-state index in [9.17, 15) is 0 Å². The van der Waals surface area contributed by atoms with Crippen molar-refractivity contribution in [3.63, 3.8) is 0 Å². The number of benzene rings is 2. The highest BCUT2D eigenvalue weighted by Gasteiger charge is 2.24. The first-order valence-electron chi connectivity index (χ1n) is 9.15. The number of unbranched alkanes of at least 4 members (excludes halogenated alkanes) is 1. The zero-order valence-electron chi connectivity index (χ0n) is 14.8. The van der Waals surface area contributed by atoms with Gasteiger partial charge in [-0.15, -0.1) is 0 Å². The number of rotatable bonds is 8. The molecule has 0 amide bonds. The summed E-state index contributed by atoms with van der Waals surface area (Å²) in [5.74, 6) is 2.46. The number of likely N-dealkylation sites (tertiary alicyclic amines) is 1. The Morgan fingerprint density at radius 2 is 1.64 bits per heavy atom. The molecule has 0 unspecified atom stereocenters. The highest BCUT2D eigenvalue weighted by atomic mass is 35.5. The first-order chi connectivity index (χ1) is 12.2. The third kappa shape index (κ3) is 5.38. The molecule has 1 atom stereocenters. The van der Waals surface area contributed by atoms with Crippen LogP contribution in [0.1, 0.15) is 32.6 Å². The van der Waals surface area contributed by atoms with E-state index in [1.807, 2.05) is 48.5 Å². The molecule has 0 bridgehead atoms. The van der Waals surface area contributed by atoms with E-state index in [-0.39, 0.29) is 0 Å². The fourth-order valence-electron chi connectivity index (χ4n) is 3.17. The van der Waals surface area contributed by atoms with E-state index in [4.69, 9.17) is 21.1 Å². The molecule has 2 aromatic carbocycles. The van der Waals surface area contributed by atoms with E-state index in [2.05, 4.69) is 11.8 Å². The van der Waals surface area contributed by atoms with E-state index < -0.39 is 0 Å². The second-order valence-corrected chi connectivity index (χ2v) is 6.96. The minimum atomic E-state index is 0.552. The lowest BCUT2D eigenvalue weighted by Crippen LogP contribution is -2.34. The number of ether oxygens (including phenoxy) is 2. The normalized spacial score (nSPS) is 17.6. The third-order valence-electron chi connectivity index (χ3n) is 4.61. The molecule has 0 N–H and O–H groups in total. The molecule has 0 aliphatic carbocycles. The van der Waals surface area contributed by atoms with Crippen LogP contribution in [-0.2, 0) is 0 Å². The molecule has 1 heterocycles. The Bertz CT molecular complexity index is 642. The summed E-state index contributed by atoms with van der Waals surface area (Å²) in [6, 6.07) is 15.7. The molecule has 134 valence electrons. The molecule has 1 aliphatic heterocycles. The van der Waals surface area contributed by atoms with Gasteiger partial charge in [0.1, 0.15) is 23.9 Å². The van der Waals surface area contributed by atoms with Crippen LogP contribution < -0.4 is 9.47 Å². The van der Waals surface area contributed by atoms with Crippen LogP contribution >= 0.6 is 11.6 Å². The minimum absolute atomic E-state index is 0.552. The van der Waals surface area contributed by atoms with Crippen molar-refractivity contribution in [2.24, 2.45) is 0 Å². The lowest BCUT2D eigenvalue weighted by Gasteiger charge is -2.24. The van der Waals surface area contributed by atoms with Crippen LogP contribution in [0.2, 0.25) is 5.02 Å². The Kier molecular flexibility index (Phi) is 6.60. The molecule has 0 aromatic heterocycles. The summed E-state index contributed by atoms with van der Waals surface area (Å²) < 4.78 is 11.8. The van der Waals surface area contributed by atoms with E-state index in [1.54, 1.807) is 0 Å². The maximum atomic E-state index is 6.01. The summed E-state index contributed by atoms with van der Waals surface area (Å²) in [5, 5.41) is 0.705. The van der Waals surface area contributed by atoms with E-state index in [1.165, 1.54) is 38.8 Å². The molecule has 3 rings (SSSR count). The van der Waals surface area contributed by atoms with Gasteiger partial charge in [-0.3, -0.25) is 4.90 Å². The average Bonchev–Trinajstić information content (AvgIpc) is 3.09. The van der Waals surface area contributed by atoms with Gasteiger partial charge in [0.2, 0.25) is 0 Å². The summed E-state index contributed by atoms with van der Waals surface area (Å²) in [6.07, 6.45) is 5.04. The van der Waals surface area contributed by atoms with Gasteiger partial charge in [-0.1, -0.05) is 24.9 Å². The van der Waals surface area contributed by atoms with Gasteiger partial charge in [-0.25, -0.2) is 0 Å². The standard InChI is InChI=1S/C21H26ClNO2/c1-2-3-14-23-15-4-5-18(23)16-24-19-10-12-21(13-11-19)25-20-8-6-17(22)7-9-20/h6-13,18H,2-5,14-16H2,1H3/t18-/m0/s1. The van der Waals surface area contributed by atoms with Crippen molar-refractivity contribution in [1.82, 2.24) is 4.90 Å². The monoisotopic (exact) mass is 359 g/mol. The fourth-order valence-corrected chi connectivity index (χ4v) is 3.30. The topological polar surface area (TPSA) is 21.7 Å². The van der Waals surface area contributed by atoms with Crippen LogP contribution in [0.3, 0.4) is 0 Å². The zero-order chi connectivity index (χ0) is 17.5. The number of nitrogens with zero attached hydrogens (tertiary/aromatic N) is 1. The Morgan fingerprint density at radius 1 is 1.00 bits per heavy atom. The molecule has 1 saturated heterocycles. The molecule has 0 spiro atoms. The molecule has 25 heavy (non-hydrogen) atoms. The second-order valence-electron chi connectivity index (χ2n) is 6.52. The molecule has 0 saturated carbocycles. The predicted octanol–water partition coefficient (Wildman–Crippen LogP) is 5.78. The van der Waals surface area contributed by atoms with E-state index in [0.29, 0.717) is 11.1 Å². The van der Waals surface area contributed by atoms with Gasteiger partial charge in [0.25, 0.3) is 0 Å². The smallest absolute Gasteiger partial charge is 0.127 e. The summed E-state index contributed by atoms with van der Waals surface area (Å²) in [7, 11) is 0. The summed E-state index contributed by atoms with van der Waals surface area (Å²) in [6.45, 7) is 5.41. The van der Waals surface area contributed by atoms with E-state index >= 15 is 0 Å². The Morgan fingerprint density at radius 3 is 2.32 bits per heavy atom. The number of hydrogen-bond donors (Lipinski definition) is 0. The van der Waals surface area contributed by atoms with Crippen molar-refractivity contribution in [3.05, 3.63) is 53.6 Å². The molecular weight excluding hydrogens is 334 g/mol. The third-order valence-corrected chi connectivity index (χ3v) is 4.87. The summed E-state index contributed by atoms with van der Waals surface area (Å²) >= 11 is 5.89. The van der Waals surface area contributed by atoms with Crippen molar-refractivity contribution in [1.29, 1.82) is 0 Å². The molecular formula is C21H26ClNO2. The van der Waals surface area contributed by atoms with Gasteiger partial charge in [-0.2, -0.15) is 0 Å². The van der Waals surface area contributed by atoms with Gasteiger partial charge >= 0.3 is 0 Å². The van der Waals surface area contributed by atoms with Crippen molar-refractivity contribution in [2.45, 2.75) is 38.6 Å². The predicted molar refractivity (Wildman–Crippen MR) is 103 cm³/mol. The maximum absolute atomic E-state index is 6.01. The van der Waals surface area contributed by atoms with Crippen LogP contribution in [0.5, 0.6) is 17.2 Å². The maximum Gasteiger partial charge on any atom is 0.127 e. The van der Waals surface area contributed by atoms with Crippen LogP contribution in [-0.4, -0.2) is 30.6 Å². The first-order valence-corrected chi connectivity index (χ1v) is 9.52. The van der Waals surface area contributed by atoms with Gasteiger partial charge in [-0.05, 0) is 80.9 Å². The Hall–Kier alpha value is -1.71. The second kappa shape index (κ2) is 9.12. The van der Waals surface area contributed by atoms with Gasteiger partial charge in [0, 0.05) is 11.1 Å². The quantitative estimate of drug-likeness (QED) is 0.596. The zero-order valence-corrected chi connectivity index (χ0v) is 15.5. The lowest BCUT2D eigenvalue weighted by atomic mass is 10.2. The summed E-state index contributed by atoms with van der Waals surface area (Å²) in [5.41, 5.74) is 0. The van der Waals surface area contributed by atoms with Gasteiger partial charge in [0.15, 0.2) is 0 Å². The summed E-state index contributed by atoms with van der Waals surface area (Å²) in [4.78, 5) is 2.57. The number of halogens is 1. The van der Waals surface area contributed by atoms with Crippen molar-refractivity contribution < 1.29 is 9.47 Å².